The molecule has 1 amide bonds. The lowest BCUT2D eigenvalue weighted by atomic mass is 9.96. The molecule has 0 aromatic rings. The van der Waals surface area contributed by atoms with Crippen LogP contribution in [0, 0.1) is 11.3 Å². The summed E-state index contributed by atoms with van der Waals surface area (Å²) in [5.74, 6) is -0.287. The van der Waals surface area contributed by atoms with Crippen LogP contribution < -0.4 is 0 Å². The van der Waals surface area contributed by atoms with E-state index < -0.39 is 0 Å². The molecule has 1 saturated heterocycles. The summed E-state index contributed by atoms with van der Waals surface area (Å²) in [5, 5.41) is 7.44. The van der Waals surface area contributed by atoms with Crippen LogP contribution >= 0.6 is 0 Å². The minimum Gasteiger partial charge on any atom is -0.337 e. The number of hydrogen-bond acceptors (Lipinski definition) is 3. The van der Waals surface area contributed by atoms with E-state index in [1.807, 2.05) is 0 Å². The number of likely N-dealkylation sites (tertiary alicyclic amines) is 1. The van der Waals surface area contributed by atoms with Gasteiger partial charge in [0.15, 0.2) is 0 Å². The molecule has 66 valence electrons. The summed E-state index contributed by atoms with van der Waals surface area (Å²) in [6.07, 6.45) is 1.39. The summed E-state index contributed by atoms with van der Waals surface area (Å²) >= 11 is 0. The van der Waals surface area contributed by atoms with Crippen molar-refractivity contribution >= 4 is 17.9 Å². The second-order valence-corrected chi connectivity index (χ2v) is 3.00. The van der Waals surface area contributed by atoms with Gasteiger partial charge in [0, 0.05) is 19.2 Å². The number of aldehydes is 1. The molecular weight excluding hydrogens is 156 g/mol. The normalized spacial score (nSPS) is 23.9. The number of carbonyl (C=O) groups is 2. The Balaban J connectivity index is 2.57. The Morgan fingerprint density at radius 3 is 2.83 bits per heavy atom. The van der Waals surface area contributed by atoms with Crippen LogP contribution in [-0.4, -0.2) is 35.9 Å². The van der Waals surface area contributed by atoms with Crippen molar-refractivity contribution in [3.63, 3.8) is 0 Å². The molecule has 4 heteroatoms. The van der Waals surface area contributed by atoms with Crippen LogP contribution in [0.25, 0.3) is 0 Å². The van der Waals surface area contributed by atoms with Gasteiger partial charge in [-0.2, -0.15) is 0 Å². The fourth-order valence-corrected chi connectivity index (χ4v) is 1.29. The molecule has 0 saturated carbocycles. The lowest BCUT2D eigenvalue weighted by Crippen LogP contribution is -2.43. The number of nitrogens with one attached hydrogen (secondary N) is 1. The van der Waals surface area contributed by atoms with Crippen molar-refractivity contribution in [2.75, 3.05) is 13.1 Å². The number of rotatable bonds is 1. The zero-order chi connectivity index (χ0) is 9.14. The van der Waals surface area contributed by atoms with E-state index in [1.165, 1.54) is 6.92 Å². The first-order valence-corrected chi connectivity index (χ1v) is 3.93. The van der Waals surface area contributed by atoms with E-state index in [-0.39, 0.29) is 11.8 Å². The molecule has 0 aromatic heterocycles. The Hall–Kier alpha value is -1.19. The molecule has 1 rings (SSSR count). The third kappa shape index (κ3) is 1.69. The van der Waals surface area contributed by atoms with Gasteiger partial charge in [0.05, 0.1) is 12.5 Å². The zero-order valence-electron chi connectivity index (χ0n) is 7.04. The predicted octanol–water partition coefficient (Wildman–Crippen LogP) is 0.0735. The van der Waals surface area contributed by atoms with E-state index in [1.54, 1.807) is 4.90 Å². The van der Waals surface area contributed by atoms with Crippen LogP contribution in [0.1, 0.15) is 13.3 Å². The number of amides is 1. The van der Waals surface area contributed by atoms with Crippen LogP contribution in [0.3, 0.4) is 0 Å². The van der Waals surface area contributed by atoms with Crippen molar-refractivity contribution < 1.29 is 9.59 Å². The number of nitrogens with zero attached hydrogens (tertiary/aromatic N) is 1. The Morgan fingerprint density at radius 1 is 1.75 bits per heavy atom. The monoisotopic (exact) mass is 168 g/mol. The van der Waals surface area contributed by atoms with Gasteiger partial charge >= 0.3 is 0 Å². The van der Waals surface area contributed by atoms with Crippen molar-refractivity contribution in [1.82, 2.24) is 4.90 Å². The topological polar surface area (TPSA) is 61.2 Å². The van der Waals surface area contributed by atoms with Crippen LogP contribution in [0.5, 0.6) is 0 Å². The van der Waals surface area contributed by atoms with E-state index in [0.29, 0.717) is 25.2 Å². The Morgan fingerprint density at radius 2 is 2.42 bits per heavy atom. The Labute approximate surface area is 71.1 Å². The fourth-order valence-electron chi connectivity index (χ4n) is 1.29. The molecule has 0 aliphatic carbocycles. The summed E-state index contributed by atoms with van der Waals surface area (Å²) < 4.78 is 0. The molecule has 0 radical (unpaired) electrons. The molecular formula is C8H12N2O2. The molecule has 1 atom stereocenters. The lowest BCUT2D eigenvalue weighted by Gasteiger charge is -2.29. The average Bonchev–Trinajstić information content (AvgIpc) is 2.04. The minimum absolute atomic E-state index is 0.0240. The SMILES string of the molecule is CC(=O)N1CCC(C=O)C(=N)C1. The number of hydrogen-bond donors (Lipinski definition) is 1. The summed E-state index contributed by atoms with van der Waals surface area (Å²) in [5.41, 5.74) is 0.353. The van der Waals surface area contributed by atoms with E-state index in [4.69, 9.17) is 5.41 Å². The van der Waals surface area contributed by atoms with Crippen LogP contribution in [0.2, 0.25) is 0 Å². The van der Waals surface area contributed by atoms with Crippen LogP contribution in [-0.2, 0) is 9.59 Å². The van der Waals surface area contributed by atoms with Crippen molar-refractivity contribution in [1.29, 1.82) is 5.41 Å². The maximum absolute atomic E-state index is 10.9. The first-order valence-electron chi connectivity index (χ1n) is 3.93. The van der Waals surface area contributed by atoms with Gasteiger partial charge in [-0.15, -0.1) is 0 Å². The highest BCUT2D eigenvalue weighted by Gasteiger charge is 2.24. The van der Waals surface area contributed by atoms with Gasteiger partial charge in [-0.1, -0.05) is 0 Å². The second-order valence-electron chi connectivity index (χ2n) is 3.00. The van der Waals surface area contributed by atoms with Gasteiger partial charge in [-0.05, 0) is 6.42 Å². The van der Waals surface area contributed by atoms with Gasteiger partial charge in [0.1, 0.15) is 6.29 Å². The molecule has 1 unspecified atom stereocenters. The molecule has 1 fully saturated rings. The molecule has 1 N–H and O–H groups in total. The molecule has 0 bridgehead atoms. The quantitative estimate of drug-likeness (QED) is 0.563. The average molecular weight is 168 g/mol. The predicted molar refractivity (Wildman–Crippen MR) is 44.2 cm³/mol. The second kappa shape index (κ2) is 3.47. The summed E-state index contributed by atoms with van der Waals surface area (Å²) in [7, 11) is 0. The van der Waals surface area contributed by atoms with Crippen molar-refractivity contribution in [3.8, 4) is 0 Å². The summed E-state index contributed by atoms with van der Waals surface area (Å²) in [4.78, 5) is 22.9. The van der Waals surface area contributed by atoms with E-state index in [2.05, 4.69) is 0 Å². The molecule has 1 aliphatic heterocycles. The summed E-state index contributed by atoms with van der Waals surface area (Å²) in [6.45, 7) is 2.40. The van der Waals surface area contributed by atoms with Gasteiger partial charge < -0.3 is 15.1 Å². The largest absolute Gasteiger partial charge is 0.337 e. The van der Waals surface area contributed by atoms with E-state index >= 15 is 0 Å². The van der Waals surface area contributed by atoms with Gasteiger partial charge in [-0.25, -0.2) is 0 Å². The molecule has 1 aliphatic rings. The van der Waals surface area contributed by atoms with E-state index in [0.717, 1.165) is 6.29 Å². The van der Waals surface area contributed by atoms with Gasteiger partial charge in [-0.3, -0.25) is 4.79 Å². The fraction of sp³-hybridized carbons (Fsp3) is 0.625. The van der Waals surface area contributed by atoms with Crippen LogP contribution in [0.15, 0.2) is 0 Å². The first-order chi connectivity index (χ1) is 5.65. The van der Waals surface area contributed by atoms with Gasteiger partial charge in [0.25, 0.3) is 0 Å². The highest BCUT2D eigenvalue weighted by atomic mass is 16.2. The molecule has 1 heterocycles. The van der Waals surface area contributed by atoms with Crippen molar-refractivity contribution in [2.45, 2.75) is 13.3 Å². The highest BCUT2D eigenvalue weighted by molar-refractivity contribution is 5.98. The molecule has 12 heavy (non-hydrogen) atoms. The highest BCUT2D eigenvalue weighted by Crippen LogP contribution is 2.11. The summed E-state index contributed by atoms with van der Waals surface area (Å²) in [6, 6.07) is 0. The first kappa shape index (κ1) is 8.90. The third-order valence-corrected chi connectivity index (χ3v) is 2.13. The number of carbonyl (C=O) groups excluding carboxylic acids is 2. The maximum Gasteiger partial charge on any atom is 0.219 e. The molecule has 0 aromatic carbocycles. The lowest BCUT2D eigenvalue weighted by molar-refractivity contribution is -0.129. The van der Waals surface area contributed by atoms with Crippen molar-refractivity contribution in [3.05, 3.63) is 0 Å². The van der Waals surface area contributed by atoms with E-state index in [9.17, 15) is 9.59 Å². The minimum atomic E-state index is -0.263. The standard InChI is InChI=1S/C8H12N2O2/c1-6(12)10-3-2-7(5-11)8(9)4-10/h5,7,9H,2-4H2,1H3. The molecule has 0 spiro atoms. The smallest absolute Gasteiger partial charge is 0.219 e. The Kier molecular flexibility index (Phi) is 2.58. The van der Waals surface area contributed by atoms with Gasteiger partial charge in [0.2, 0.25) is 5.91 Å². The van der Waals surface area contributed by atoms with Crippen LogP contribution in [0.4, 0.5) is 0 Å². The Bertz CT molecular complexity index is 225. The maximum atomic E-state index is 10.9. The zero-order valence-corrected chi connectivity index (χ0v) is 7.04. The number of piperidine rings is 1. The van der Waals surface area contributed by atoms with Crippen molar-refractivity contribution in [2.24, 2.45) is 5.92 Å². The molecule has 4 nitrogen and oxygen atoms in total. The third-order valence-electron chi connectivity index (χ3n) is 2.13.